The van der Waals surface area contributed by atoms with Crippen LogP contribution in [0.25, 0.3) is 11.1 Å². The third kappa shape index (κ3) is 4.84. The second-order valence-electron chi connectivity index (χ2n) is 5.37. The molecule has 0 aliphatic carbocycles. The molecule has 0 aliphatic heterocycles. The zero-order valence-electron chi connectivity index (χ0n) is 13.2. The third-order valence-corrected chi connectivity index (χ3v) is 3.55. The van der Waals surface area contributed by atoms with Crippen molar-refractivity contribution in [3.8, 4) is 11.1 Å². The van der Waals surface area contributed by atoms with E-state index >= 15 is 0 Å². The number of hydroxylamine groups is 1. The number of hydrogen-bond donors (Lipinski definition) is 4. The monoisotopic (exact) mass is 366 g/mol. The molecule has 0 heterocycles. The van der Waals surface area contributed by atoms with Crippen molar-refractivity contribution in [1.29, 1.82) is 0 Å². The van der Waals surface area contributed by atoms with Gasteiger partial charge in [0.25, 0.3) is 11.8 Å². The summed E-state index contributed by atoms with van der Waals surface area (Å²) in [5.41, 5.74) is 2.13. The maximum absolute atomic E-state index is 13.8. The first kappa shape index (κ1) is 21.2. The summed E-state index contributed by atoms with van der Waals surface area (Å²) < 4.78 is 26.7. The molecule has 0 spiro atoms. The fourth-order valence-electron chi connectivity index (χ4n) is 2.22. The first-order valence-electron chi connectivity index (χ1n) is 7.32. The van der Waals surface area contributed by atoms with Crippen LogP contribution >= 0.6 is 0 Å². The molecule has 8 heteroatoms. The molecule has 0 radical (unpaired) electrons. The highest BCUT2D eigenvalue weighted by molar-refractivity contribution is 5.97. The Kier molecular flexibility index (Phi) is 7.36. The Labute approximate surface area is 149 Å². The number of hydrogen-bond acceptors (Lipinski definition) is 4. The molecule has 2 aromatic rings. The molecule has 4 N–H and O–H groups in total. The highest BCUT2D eigenvalue weighted by Gasteiger charge is 2.25. The molecule has 0 bridgehead atoms. The molecule has 2 atom stereocenters. The predicted octanol–water partition coefficient (Wildman–Crippen LogP) is 2.25. The van der Waals surface area contributed by atoms with Crippen LogP contribution in [0, 0.1) is 11.6 Å². The quantitative estimate of drug-likeness (QED) is 0.482. The van der Waals surface area contributed by atoms with E-state index in [0.29, 0.717) is 5.56 Å². The van der Waals surface area contributed by atoms with E-state index in [4.69, 9.17) is 5.21 Å². The lowest BCUT2D eigenvalue weighted by Crippen LogP contribution is -2.51. The highest BCUT2D eigenvalue weighted by Crippen LogP contribution is 2.23. The van der Waals surface area contributed by atoms with Crippen molar-refractivity contribution < 1.29 is 28.7 Å². The molecule has 6 nitrogen and oxygen atoms in total. The third-order valence-electron chi connectivity index (χ3n) is 3.55. The van der Waals surface area contributed by atoms with Crippen LogP contribution < -0.4 is 10.8 Å². The van der Waals surface area contributed by atoms with E-state index in [-0.39, 0.29) is 18.6 Å². The van der Waals surface area contributed by atoms with Crippen molar-refractivity contribution in [2.75, 3.05) is 0 Å². The van der Waals surface area contributed by atoms with Gasteiger partial charge in [-0.05, 0) is 36.8 Å². The standard InChI is InChI=1S/C17H16F2N2O4.CH4/c1-9(22)15(17(24)21-25)20-16(23)11-4-2-10(3-5-11)13-7-6-12(18)8-14(13)19;/h2-9,15,22,25H,1H3,(H,20,23)(H,21,24);1H4/t9-,15+;/m1./s1. The van der Waals surface area contributed by atoms with Gasteiger partial charge in [0.05, 0.1) is 6.10 Å². The summed E-state index contributed by atoms with van der Waals surface area (Å²) in [6.45, 7) is 1.28. The Bertz CT molecular complexity index is 779. The van der Waals surface area contributed by atoms with Gasteiger partial charge >= 0.3 is 0 Å². The maximum Gasteiger partial charge on any atom is 0.268 e. The van der Waals surface area contributed by atoms with Gasteiger partial charge in [0.1, 0.15) is 17.7 Å². The van der Waals surface area contributed by atoms with Crippen molar-refractivity contribution in [2.24, 2.45) is 0 Å². The number of carbonyl (C=O) groups is 2. The molecule has 26 heavy (non-hydrogen) atoms. The molecule has 140 valence electrons. The van der Waals surface area contributed by atoms with Crippen LogP contribution in [0.2, 0.25) is 0 Å². The highest BCUT2D eigenvalue weighted by atomic mass is 19.1. The minimum absolute atomic E-state index is 0. The number of carbonyl (C=O) groups excluding carboxylic acids is 2. The molecule has 0 saturated heterocycles. The van der Waals surface area contributed by atoms with Gasteiger partial charge in [-0.25, -0.2) is 14.3 Å². The summed E-state index contributed by atoms with van der Waals surface area (Å²) in [6.07, 6.45) is -1.23. The van der Waals surface area contributed by atoms with Gasteiger partial charge in [-0.1, -0.05) is 19.6 Å². The average Bonchev–Trinajstić information content (AvgIpc) is 2.58. The van der Waals surface area contributed by atoms with Gasteiger partial charge in [0.2, 0.25) is 0 Å². The van der Waals surface area contributed by atoms with Crippen molar-refractivity contribution in [2.45, 2.75) is 26.5 Å². The zero-order valence-corrected chi connectivity index (χ0v) is 13.2. The van der Waals surface area contributed by atoms with E-state index in [1.54, 1.807) is 0 Å². The fraction of sp³-hybridized carbons (Fsp3) is 0.222. The normalized spacial score (nSPS) is 12.5. The van der Waals surface area contributed by atoms with Gasteiger partial charge in [0.15, 0.2) is 0 Å². The largest absolute Gasteiger partial charge is 0.391 e. The summed E-state index contributed by atoms with van der Waals surface area (Å²) in [6, 6.07) is 7.55. The Morgan fingerprint density at radius 3 is 2.19 bits per heavy atom. The Hall–Kier alpha value is -2.84. The van der Waals surface area contributed by atoms with Gasteiger partial charge in [-0.2, -0.15) is 0 Å². The predicted molar refractivity (Wildman–Crippen MR) is 91.4 cm³/mol. The topological polar surface area (TPSA) is 98.7 Å². The second kappa shape index (κ2) is 9.02. The van der Waals surface area contributed by atoms with E-state index in [1.165, 1.54) is 42.7 Å². The summed E-state index contributed by atoms with van der Waals surface area (Å²) in [5, 5.41) is 20.4. The molecule has 0 saturated carbocycles. The number of rotatable bonds is 5. The van der Waals surface area contributed by atoms with Crippen LogP contribution in [0.4, 0.5) is 8.78 Å². The summed E-state index contributed by atoms with van der Waals surface area (Å²) in [5.74, 6) is -3.05. The summed E-state index contributed by atoms with van der Waals surface area (Å²) in [7, 11) is 0. The van der Waals surface area contributed by atoms with Gasteiger partial charge in [-0.3, -0.25) is 14.8 Å². The fourth-order valence-corrected chi connectivity index (χ4v) is 2.22. The number of halogens is 2. The molecule has 2 aromatic carbocycles. The van der Waals surface area contributed by atoms with E-state index in [0.717, 1.165) is 12.1 Å². The van der Waals surface area contributed by atoms with Crippen LogP contribution in [0.15, 0.2) is 42.5 Å². The summed E-state index contributed by atoms with van der Waals surface area (Å²) >= 11 is 0. The van der Waals surface area contributed by atoms with Gasteiger partial charge < -0.3 is 10.4 Å². The van der Waals surface area contributed by atoms with Crippen LogP contribution in [-0.4, -0.2) is 34.3 Å². The molecular weight excluding hydrogens is 346 g/mol. The van der Waals surface area contributed by atoms with E-state index in [2.05, 4.69) is 5.32 Å². The molecule has 0 aromatic heterocycles. The van der Waals surface area contributed by atoms with E-state index < -0.39 is 35.6 Å². The maximum atomic E-state index is 13.8. The van der Waals surface area contributed by atoms with Crippen LogP contribution in [0.1, 0.15) is 24.7 Å². The van der Waals surface area contributed by atoms with Crippen molar-refractivity contribution in [1.82, 2.24) is 10.8 Å². The number of aliphatic hydroxyl groups is 1. The number of nitrogens with one attached hydrogen (secondary N) is 2. The molecule has 0 aliphatic rings. The Morgan fingerprint density at radius 2 is 1.69 bits per heavy atom. The minimum atomic E-state index is -1.34. The molecule has 0 unspecified atom stereocenters. The second-order valence-corrected chi connectivity index (χ2v) is 5.37. The smallest absolute Gasteiger partial charge is 0.268 e. The SMILES string of the molecule is C.C[C@@H](O)[C@H](NC(=O)c1ccc(-c2ccc(F)cc2F)cc1)C(=O)NO. The molecular formula is C18H20F2N2O4. The molecule has 0 fully saturated rings. The lowest BCUT2D eigenvalue weighted by molar-refractivity contribution is -0.133. The van der Waals surface area contributed by atoms with Gasteiger partial charge in [-0.15, -0.1) is 0 Å². The molecule has 2 rings (SSSR count). The zero-order chi connectivity index (χ0) is 18.6. The van der Waals surface area contributed by atoms with Crippen LogP contribution in [0.5, 0.6) is 0 Å². The number of amides is 2. The van der Waals surface area contributed by atoms with Crippen molar-refractivity contribution >= 4 is 11.8 Å². The average molecular weight is 366 g/mol. The minimum Gasteiger partial charge on any atom is -0.391 e. The van der Waals surface area contributed by atoms with Crippen LogP contribution in [0.3, 0.4) is 0 Å². The first-order valence-corrected chi connectivity index (χ1v) is 7.32. The summed E-state index contributed by atoms with van der Waals surface area (Å²) in [4.78, 5) is 23.5. The number of benzene rings is 2. The lowest BCUT2D eigenvalue weighted by atomic mass is 10.0. The van der Waals surface area contributed by atoms with Crippen molar-refractivity contribution in [3.63, 3.8) is 0 Å². The molecule has 2 amide bonds. The lowest BCUT2D eigenvalue weighted by Gasteiger charge is -2.19. The number of aliphatic hydroxyl groups excluding tert-OH is 1. The van der Waals surface area contributed by atoms with E-state index in [1.807, 2.05) is 0 Å². The van der Waals surface area contributed by atoms with Gasteiger partial charge in [0, 0.05) is 17.2 Å². The Balaban J connectivity index is 0.00000338. The Morgan fingerprint density at radius 1 is 1.08 bits per heavy atom. The van der Waals surface area contributed by atoms with E-state index in [9.17, 15) is 23.5 Å². The van der Waals surface area contributed by atoms with Crippen LogP contribution in [-0.2, 0) is 4.79 Å². The first-order chi connectivity index (χ1) is 11.8. The van der Waals surface area contributed by atoms with Crippen molar-refractivity contribution in [3.05, 3.63) is 59.7 Å².